The van der Waals surface area contributed by atoms with Crippen LogP contribution in [-0.2, 0) is 4.84 Å². The molecule has 3 rings (SSSR count). The van der Waals surface area contributed by atoms with Crippen molar-refractivity contribution in [2.75, 3.05) is 14.2 Å². The van der Waals surface area contributed by atoms with Crippen molar-refractivity contribution in [3.8, 4) is 0 Å². The summed E-state index contributed by atoms with van der Waals surface area (Å²) in [7, 11) is 3.86. The number of hydrogen-bond donors (Lipinski definition) is 0. The first-order valence-electron chi connectivity index (χ1n) is 7.66. The van der Waals surface area contributed by atoms with E-state index in [2.05, 4.69) is 36.2 Å². The zero-order valence-electron chi connectivity index (χ0n) is 12.9. The van der Waals surface area contributed by atoms with Crippen LogP contribution in [0.2, 0.25) is 5.02 Å². The minimum atomic E-state index is 0.411. The predicted molar refractivity (Wildman–Crippen MR) is 87.1 cm³/mol. The minimum absolute atomic E-state index is 0.411. The fraction of sp³-hybridized carbons (Fsp3) is 0.588. The highest BCUT2D eigenvalue weighted by atomic mass is 35.5. The van der Waals surface area contributed by atoms with Gasteiger partial charge < -0.3 is 4.84 Å². The van der Waals surface area contributed by atoms with Gasteiger partial charge in [-0.1, -0.05) is 28.9 Å². The summed E-state index contributed by atoms with van der Waals surface area (Å²) in [5.74, 6) is 0.919. The van der Waals surface area contributed by atoms with Gasteiger partial charge in [0.2, 0.25) is 0 Å². The first-order valence-corrected chi connectivity index (χ1v) is 8.04. The standard InChI is InChI=1S/C17H23ClN2O/c1-11-8-12(4-6-16(11)18)14-9-13-5-7-17(20(13)2)15(14)10-19-21-3/h4,6,8,10,13-15,17H,5,7,9H2,1-3H3/b19-10+. The van der Waals surface area contributed by atoms with E-state index in [9.17, 15) is 0 Å². The summed E-state index contributed by atoms with van der Waals surface area (Å²) >= 11 is 6.18. The third kappa shape index (κ3) is 2.69. The second-order valence-corrected chi connectivity index (χ2v) is 6.74. The summed E-state index contributed by atoms with van der Waals surface area (Å²) in [6.07, 6.45) is 5.75. The van der Waals surface area contributed by atoms with Gasteiger partial charge >= 0.3 is 0 Å². The smallest absolute Gasteiger partial charge is 0.106 e. The van der Waals surface area contributed by atoms with E-state index in [0.29, 0.717) is 23.9 Å². The first-order chi connectivity index (χ1) is 10.1. The van der Waals surface area contributed by atoms with Crippen LogP contribution < -0.4 is 0 Å². The maximum Gasteiger partial charge on any atom is 0.106 e. The lowest BCUT2D eigenvalue weighted by atomic mass is 9.76. The van der Waals surface area contributed by atoms with Crippen LogP contribution in [0.5, 0.6) is 0 Å². The molecule has 2 fully saturated rings. The van der Waals surface area contributed by atoms with Crippen molar-refractivity contribution in [1.82, 2.24) is 4.90 Å². The zero-order valence-corrected chi connectivity index (χ0v) is 13.7. The van der Waals surface area contributed by atoms with Crippen LogP contribution in [0.15, 0.2) is 23.4 Å². The maximum absolute atomic E-state index is 6.18. The number of nitrogens with zero attached hydrogens (tertiary/aromatic N) is 2. The molecule has 2 saturated heterocycles. The van der Waals surface area contributed by atoms with Gasteiger partial charge in [-0.05, 0) is 56.3 Å². The van der Waals surface area contributed by atoms with E-state index >= 15 is 0 Å². The van der Waals surface area contributed by atoms with Crippen LogP contribution in [0, 0.1) is 12.8 Å². The highest BCUT2D eigenvalue weighted by Gasteiger charge is 2.45. The van der Waals surface area contributed by atoms with Crippen molar-refractivity contribution >= 4 is 17.8 Å². The molecule has 2 aliphatic heterocycles. The number of rotatable bonds is 3. The molecule has 2 heterocycles. The number of hydrogen-bond acceptors (Lipinski definition) is 3. The fourth-order valence-corrected chi connectivity index (χ4v) is 4.22. The number of fused-ring (bicyclic) bond motifs is 2. The molecule has 0 aromatic heterocycles. The fourth-order valence-electron chi connectivity index (χ4n) is 4.10. The van der Waals surface area contributed by atoms with Gasteiger partial charge in [0.1, 0.15) is 7.11 Å². The highest BCUT2D eigenvalue weighted by Crippen LogP contribution is 2.45. The van der Waals surface area contributed by atoms with Crippen LogP contribution >= 0.6 is 11.6 Å². The van der Waals surface area contributed by atoms with E-state index in [0.717, 1.165) is 10.6 Å². The second kappa shape index (κ2) is 5.98. The molecule has 0 aliphatic carbocycles. The third-order valence-electron chi connectivity index (χ3n) is 5.28. The quantitative estimate of drug-likeness (QED) is 0.626. The molecule has 0 radical (unpaired) electrons. The summed E-state index contributed by atoms with van der Waals surface area (Å²) in [5, 5.41) is 4.93. The summed E-state index contributed by atoms with van der Waals surface area (Å²) in [6.45, 7) is 2.08. The Labute approximate surface area is 131 Å². The van der Waals surface area contributed by atoms with Gasteiger partial charge in [-0.3, -0.25) is 4.90 Å². The minimum Gasteiger partial charge on any atom is -0.399 e. The van der Waals surface area contributed by atoms with Crippen LogP contribution in [-0.4, -0.2) is 37.4 Å². The molecule has 0 N–H and O–H groups in total. The molecule has 4 heteroatoms. The molecule has 1 aromatic rings. The molecular weight excluding hydrogens is 284 g/mol. The molecule has 3 nitrogen and oxygen atoms in total. The number of halogens is 1. The maximum atomic E-state index is 6.18. The van der Waals surface area contributed by atoms with E-state index in [1.54, 1.807) is 7.11 Å². The summed E-state index contributed by atoms with van der Waals surface area (Å²) in [6, 6.07) is 7.72. The monoisotopic (exact) mass is 306 g/mol. The van der Waals surface area contributed by atoms with Crippen molar-refractivity contribution < 1.29 is 4.84 Å². The van der Waals surface area contributed by atoms with Gasteiger partial charge in [-0.25, -0.2) is 0 Å². The lowest BCUT2D eigenvalue weighted by molar-refractivity contribution is 0.131. The lowest BCUT2D eigenvalue weighted by Crippen LogP contribution is -2.46. The Balaban J connectivity index is 1.94. The number of benzene rings is 1. The SMILES string of the molecule is CO/N=C/C1C(c2ccc(Cl)c(C)c2)CC2CCC1N2C. The molecule has 4 unspecified atom stereocenters. The Bertz CT molecular complexity index is 546. The van der Waals surface area contributed by atoms with E-state index in [-0.39, 0.29) is 0 Å². The molecule has 0 amide bonds. The largest absolute Gasteiger partial charge is 0.399 e. The number of aryl methyl sites for hydroxylation is 1. The summed E-state index contributed by atoms with van der Waals surface area (Å²) < 4.78 is 0. The van der Waals surface area contributed by atoms with E-state index in [1.165, 1.54) is 24.8 Å². The molecule has 1 aromatic carbocycles. The molecule has 2 aliphatic rings. The van der Waals surface area contributed by atoms with E-state index in [1.807, 2.05) is 12.3 Å². The Morgan fingerprint density at radius 1 is 1.38 bits per heavy atom. The van der Waals surface area contributed by atoms with Crippen molar-refractivity contribution in [3.63, 3.8) is 0 Å². The second-order valence-electron chi connectivity index (χ2n) is 6.33. The Morgan fingerprint density at radius 2 is 2.19 bits per heavy atom. The van der Waals surface area contributed by atoms with Crippen molar-refractivity contribution in [2.24, 2.45) is 11.1 Å². The number of piperidine rings is 1. The Kier molecular flexibility index (Phi) is 4.23. The first kappa shape index (κ1) is 14.9. The van der Waals surface area contributed by atoms with Crippen LogP contribution in [0.4, 0.5) is 0 Å². The van der Waals surface area contributed by atoms with Crippen LogP contribution in [0.3, 0.4) is 0 Å². The van der Waals surface area contributed by atoms with Crippen molar-refractivity contribution in [1.29, 1.82) is 0 Å². The zero-order chi connectivity index (χ0) is 15.0. The number of oxime groups is 1. The van der Waals surface area contributed by atoms with Gasteiger partial charge in [0.25, 0.3) is 0 Å². The Hall–Kier alpha value is -1.06. The highest BCUT2D eigenvalue weighted by molar-refractivity contribution is 6.31. The van der Waals surface area contributed by atoms with Gasteiger partial charge in [0, 0.05) is 29.2 Å². The summed E-state index contributed by atoms with van der Waals surface area (Å²) in [4.78, 5) is 7.48. The molecule has 114 valence electrons. The molecule has 0 spiro atoms. The van der Waals surface area contributed by atoms with Gasteiger partial charge in [-0.15, -0.1) is 0 Å². The van der Waals surface area contributed by atoms with Gasteiger partial charge in [0.05, 0.1) is 0 Å². The van der Waals surface area contributed by atoms with Crippen molar-refractivity contribution in [3.05, 3.63) is 34.3 Å². The average Bonchev–Trinajstić information content (AvgIpc) is 2.72. The van der Waals surface area contributed by atoms with Crippen LogP contribution in [0.1, 0.15) is 36.3 Å². The van der Waals surface area contributed by atoms with E-state index in [4.69, 9.17) is 16.4 Å². The summed E-state index contributed by atoms with van der Waals surface area (Å²) in [5.41, 5.74) is 2.54. The average molecular weight is 307 g/mol. The lowest BCUT2D eigenvalue weighted by Gasteiger charge is -2.41. The van der Waals surface area contributed by atoms with E-state index < -0.39 is 0 Å². The molecule has 2 bridgehead atoms. The van der Waals surface area contributed by atoms with Crippen molar-refractivity contribution in [2.45, 2.75) is 44.2 Å². The van der Waals surface area contributed by atoms with Gasteiger partial charge in [-0.2, -0.15) is 0 Å². The third-order valence-corrected chi connectivity index (χ3v) is 5.70. The van der Waals surface area contributed by atoms with Gasteiger partial charge in [0.15, 0.2) is 0 Å². The topological polar surface area (TPSA) is 24.8 Å². The van der Waals surface area contributed by atoms with Crippen LogP contribution in [0.25, 0.3) is 0 Å². The molecule has 21 heavy (non-hydrogen) atoms. The molecule has 0 saturated carbocycles. The Morgan fingerprint density at radius 3 is 2.90 bits per heavy atom. The molecule has 4 atom stereocenters. The molecular formula is C17H23ClN2O. The predicted octanol–water partition coefficient (Wildman–Crippen LogP) is 3.85. The normalized spacial score (nSPS) is 32.8.